The van der Waals surface area contributed by atoms with Crippen molar-refractivity contribution >= 4 is 33.5 Å². The molecule has 3 amide bonds. The van der Waals surface area contributed by atoms with Crippen molar-refractivity contribution in [2.45, 2.75) is 57.0 Å². The Morgan fingerprint density at radius 1 is 1.26 bits per heavy atom. The van der Waals surface area contributed by atoms with Gasteiger partial charge in [0.25, 0.3) is 6.43 Å². The maximum atomic E-state index is 13.6. The highest BCUT2D eigenvalue weighted by Crippen LogP contribution is 2.45. The van der Waals surface area contributed by atoms with E-state index < -0.39 is 51.7 Å². The fourth-order valence-corrected chi connectivity index (χ4v) is 5.05. The number of urea groups is 1. The molecule has 1 aromatic carbocycles. The summed E-state index contributed by atoms with van der Waals surface area (Å²) in [7, 11) is -2.39. The number of rotatable bonds is 5. The van der Waals surface area contributed by atoms with Gasteiger partial charge in [-0.15, -0.1) is 0 Å². The number of carbonyl (C=O) groups excluding carboxylic acids is 2. The van der Waals surface area contributed by atoms with Crippen molar-refractivity contribution < 1.29 is 36.3 Å². The number of amides is 3. The van der Waals surface area contributed by atoms with E-state index in [4.69, 9.17) is 9.47 Å². The lowest BCUT2D eigenvalue weighted by Crippen LogP contribution is -2.52. The lowest BCUT2D eigenvalue weighted by Gasteiger charge is -2.44. The number of ether oxygens (including phenoxy) is 2. The molecule has 206 valence electrons. The van der Waals surface area contributed by atoms with E-state index >= 15 is 0 Å². The Labute approximate surface area is 219 Å². The van der Waals surface area contributed by atoms with Crippen LogP contribution in [0.4, 0.5) is 29.9 Å². The summed E-state index contributed by atoms with van der Waals surface area (Å²) in [6.45, 7) is 4.39. The van der Waals surface area contributed by atoms with Crippen LogP contribution in [0.1, 0.15) is 44.4 Å². The van der Waals surface area contributed by atoms with Gasteiger partial charge in [0, 0.05) is 30.1 Å². The molecule has 11 nitrogen and oxygen atoms in total. The fourth-order valence-electron chi connectivity index (χ4n) is 4.55. The highest BCUT2D eigenvalue weighted by Gasteiger charge is 2.42. The van der Waals surface area contributed by atoms with E-state index in [9.17, 15) is 26.8 Å². The Kier molecular flexibility index (Phi) is 7.21. The van der Waals surface area contributed by atoms with Gasteiger partial charge in [0.1, 0.15) is 17.2 Å². The minimum absolute atomic E-state index is 0.0499. The van der Waals surface area contributed by atoms with Crippen molar-refractivity contribution in [3.05, 3.63) is 35.5 Å². The molecular weight excluding hydrogens is 524 g/mol. The highest BCUT2D eigenvalue weighted by atomic mass is 32.2. The van der Waals surface area contributed by atoms with E-state index in [1.165, 1.54) is 23.1 Å². The summed E-state index contributed by atoms with van der Waals surface area (Å²) >= 11 is 0. The van der Waals surface area contributed by atoms with Crippen molar-refractivity contribution in [2.24, 2.45) is 0 Å². The number of alkyl halides is 2. The van der Waals surface area contributed by atoms with Crippen molar-refractivity contribution in [1.82, 2.24) is 14.9 Å². The molecule has 3 heterocycles. The molecule has 2 aliphatic rings. The normalized spacial score (nSPS) is 17.8. The summed E-state index contributed by atoms with van der Waals surface area (Å²) in [4.78, 5) is 38.1. The van der Waals surface area contributed by atoms with Crippen LogP contribution in [0.5, 0.6) is 5.75 Å². The SMILES string of the molecule is COc1cccc2c1N(C(=O)OC(C)(C)C)CCC2N1Cc2cnc(S(C)(=O)=O)nc2N(CC(F)F)C1=O. The van der Waals surface area contributed by atoms with Gasteiger partial charge in [-0.25, -0.2) is 36.8 Å². The Balaban J connectivity index is 1.78. The van der Waals surface area contributed by atoms with Crippen LogP contribution in [0.2, 0.25) is 0 Å². The minimum Gasteiger partial charge on any atom is -0.495 e. The van der Waals surface area contributed by atoms with Crippen LogP contribution in [0.15, 0.2) is 29.6 Å². The number of halogens is 2. The second kappa shape index (κ2) is 9.97. The number of aromatic nitrogens is 2. The van der Waals surface area contributed by atoms with E-state index in [2.05, 4.69) is 9.97 Å². The third-order valence-electron chi connectivity index (χ3n) is 6.04. The van der Waals surface area contributed by atoms with Gasteiger partial charge in [0.05, 0.1) is 31.9 Å². The smallest absolute Gasteiger partial charge is 0.414 e. The second-order valence-electron chi connectivity index (χ2n) is 10.0. The molecule has 1 aromatic heterocycles. The van der Waals surface area contributed by atoms with Crippen molar-refractivity contribution in [2.75, 3.05) is 36.3 Å². The molecule has 4 rings (SSSR count). The monoisotopic (exact) mass is 553 g/mol. The summed E-state index contributed by atoms with van der Waals surface area (Å²) in [5, 5.41) is -0.558. The predicted molar refractivity (Wildman–Crippen MR) is 133 cm³/mol. The first-order valence-electron chi connectivity index (χ1n) is 11.8. The number of fused-ring (bicyclic) bond motifs is 2. The van der Waals surface area contributed by atoms with Gasteiger partial charge < -0.3 is 14.4 Å². The van der Waals surface area contributed by atoms with Crippen LogP contribution >= 0.6 is 0 Å². The van der Waals surface area contributed by atoms with E-state index in [1.807, 2.05) is 0 Å². The minimum atomic E-state index is -3.84. The van der Waals surface area contributed by atoms with Gasteiger partial charge in [0.2, 0.25) is 15.0 Å². The Morgan fingerprint density at radius 2 is 1.97 bits per heavy atom. The number of hydrogen-bond acceptors (Lipinski definition) is 8. The first-order chi connectivity index (χ1) is 17.7. The number of benzene rings is 1. The summed E-state index contributed by atoms with van der Waals surface area (Å²) in [6, 6.07) is 3.75. The largest absolute Gasteiger partial charge is 0.495 e. The van der Waals surface area contributed by atoms with Crippen LogP contribution in [-0.2, 0) is 21.1 Å². The molecule has 0 aliphatic carbocycles. The third kappa shape index (κ3) is 5.35. The van der Waals surface area contributed by atoms with Gasteiger partial charge in [0.15, 0.2) is 0 Å². The average Bonchev–Trinajstić information content (AvgIpc) is 2.82. The predicted octanol–water partition coefficient (Wildman–Crippen LogP) is 3.78. The quantitative estimate of drug-likeness (QED) is 0.513. The summed E-state index contributed by atoms with van der Waals surface area (Å²) in [5.41, 5.74) is 0.562. The van der Waals surface area contributed by atoms with Gasteiger partial charge in [-0.3, -0.25) is 9.80 Å². The Bertz CT molecular complexity index is 1360. The Morgan fingerprint density at radius 3 is 2.58 bits per heavy atom. The standard InChI is InChI=1S/C24H29F2N5O6S/c1-24(2,3)37-23(33)29-10-9-16(15-7-6-8-17(36-4)19(15)29)30-12-14-11-27-21(38(5,34)35)28-20(14)31(22(30)32)13-18(25)26/h6-8,11,16,18H,9-10,12-13H2,1-5H3. The zero-order valence-corrected chi connectivity index (χ0v) is 22.5. The van der Waals surface area contributed by atoms with Crippen molar-refractivity contribution in [1.29, 1.82) is 0 Å². The number of sulfone groups is 1. The van der Waals surface area contributed by atoms with Crippen molar-refractivity contribution in [3.8, 4) is 5.75 Å². The summed E-state index contributed by atoms with van der Waals surface area (Å²) < 4.78 is 62.1. The maximum Gasteiger partial charge on any atom is 0.414 e. The molecule has 1 atom stereocenters. The molecule has 0 bridgehead atoms. The molecule has 0 saturated carbocycles. The first-order valence-corrected chi connectivity index (χ1v) is 13.7. The molecule has 38 heavy (non-hydrogen) atoms. The topological polar surface area (TPSA) is 122 Å². The lowest BCUT2D eigenvalue weighted by molar-refractivity contribution is 0.0570. The Hall–Kier alpha value is -3.55. The second-order valence-corrected chi connectivity index (χ2v) is 11.9. The number of para-hydroxylation sites is 1. The molecule has 0 radical (unpaired) electrons. The number of hydrogen-bond donors (Lipinski definition) is 0. The molecule has 2 aliphatic heterocycles. The zero-order chi connectivity index (χ0) is 28.0. The molecule has 2 aromatic rings. The van der Waals surface area contributed by atoms with E-state index in [-0.39, 0.29) is 25.3 Å². The highest BCUT2D eigenvalue weighted by molar-refractivity contribution is 7.90. The van der Waals surface area contributed by atoms with Gasteiger partial charge in [-0.2, -0.15) is 0 Å². The average molecular weight is 554 g/mol. The van der Waals surface area contributed by atoms with Crippen LogP contribution < -0.4 is 14.5 Å². The molecule has 1 unspecified atom stereocenters. The number of methoxy groups -OCH3 is 1. The fraction of sp³-hybridized carbons (Fsp3) is 0.500. The van der Waals surface area contributed by atoms with Crippen molar-refractivity contribution in [3.63, 3.8) is 0 Å². The van der Waals surface area contributed by atoms with E-state index in [0.29, 0.717) is 22.6 Å². The molecule has 0 fully saturated rings. The molecular formula is C24H29F2N5O6S. The summed E-state index contributed by atoms with van der Waals surface area (Å²) in [6.07, 6.45) is -1.07. The van der Waals surface area contributed by atoms with Gasteiger partial charge in [-0.05, 0) is 33.3 Å². The number of anilines is 2. The zero-order valence-electron chi connectivity index (χ0n) is 21.6. The molecule has 0 spiro atoms. The molecule has 14 heteroatoms. The summed E-state index contributed by atoms with van der Waals surface area (Å²) in [5.74, 6) is 0.215. The van der Waals surface area contributed by atoms with Crippen LogP contribution in [0.25, 0.3) is 0 Å². The van der Waals surface area contributed by atoms with Gasteiger partial charge in [-0.1, -0.05) is 12.1 Å². The molecule has 0 N–H and O–H groups in total. The van der Waals surface area contributed by atoms with Gasteiger partial charge >= 0.3 is 12.1 Å². The van der Waals surface area contributed by atoms with E-state index in [0.717, 1.165) is 11.2 Å². The molecule has 0 saturated heterocycles. The third-order valence-corrected chi connectivity index (χ3v) is 6.90. The maximum absolute atomic E-state index is 13.6. The number of carbonyl (C=O) groups is 2. The van der Waals surface area contributed by atoms with E-state index in [1.54, 1.807) is 39.0 Å². The lowest BCUT2D eigenvalue weighted by atomic mass is 9.93. The first kappa shape index (κ1) is 27.5. The van der Waals surface area contributed by atoms with Crippen LogP contribution in [-0.4, -0.2) is 73.9 Å². The van der Waals surface area contributed by atoms with Crippen LogP contribution in [0, 0.1) is 0 Å². The van der Waals surface area contributed by atoms with Crippen LogP contribution in [0.3, 0.4) is 0 Å². The number of nitrogens with zero attached hydrogens (tertiary/aromatic N) is 5.